The highest BCUT2D eigenvalue weighted by Crippen LogP contribution is 2.16. The van der Waals surface area contributed by atoms with E-state index in [-0.39, 0.29) is 12.0 Å². The molecule has 2 saturated heterocycles. The summed E-state index contributed by atoms with van der Waals surface area (Å²) >= 11 is 0. The summed E-state index contributed by atoms with van der Waals surface area (Å²) in [6, 6.07) is 0.583. The van der Waals surface area contributed by atoms with E-state index in [4.69, 9.17) is 4.74 Å². The Morgan fingerprint density at radius 2 is 1.94 bits per heavy atom. The van der Waals surface area contributed by atoms with Gasteiger partial charge in [0.05, 0.1) is 0 Å². The maximum absolute atomic E-state index is 12.1. The molecule has 0 aliphatic carbocycles. The quantitative estimate of drug-likeness (QED) is 0.695. The number of ether oxygens (including phenoxy) is 1. The van der Waals surface area contributed by atoms with Crippen molar-refractivity contribution in [2.45, 2.75) is 38.8 Å². The minimum absolute atomic E-state index is 0.148. The first-order chi connectivity index (χ1) is 7.68. The molecule has 0 bridgehead atoms. The number of carbonyl (C=O) groups excluding carboxylic acids is 1. The maximum Gasteiger partial charge on any atom is 0.251 e. The number of carbonyl (C=O) groups is 1. The lowest BCUT2D eigenvalue weighted by Crippen LogP contribution is -2.52. The molecule has 1 unspecified atom stereocenters. The number of rotatable bonds is 2. The Morgan fingerprint density at radius 1 is 1.25 bits per heavy atom. The zero-order valence-corrected chi connectivity index (χ0v) is 10.3. The van der Waals surface area contributed by atoms with Crippen molar-refractivity contribution >= 4 is 5.91 Å². The summed E-state index contributed by atoms with van der Waals surface area (Å²) in [5, 5.41) is 0. The summed E-state index contributed by atoms with van der Waals surface area (Å²) in [4.78, 5) is 16.4. The van der Waals surface area contributed by atoms with Crippen molar-refractivity contribution in [1.29, 1.82) is 0 Å². The standard InChI is InChI=1S/C12H22N2O2/c1-10(2)13-5-7-14(8-6-13)12(15)11-4-3-9-16-11/h10-11H,3-9H2,1-2H3. The van der Waals surface area contributed by atoms with E-state index in [1.165, 1.54) is 0 Å². The summed E-state index contributed by atoms with van der Waals surface area (Å²) in [6.07, 6.45) is 1.79. The topological polar surface area (TPSA) is 32.8 Å². The summed E-state index contributed by atoms with van der Waals surface area (Å²) in [6.45, 7) is 8.87. The molecule has 4 nitrogen and oxygen atoms in total. The largest absolute Gasteiger partial charge is 0.368 e. The number of amides is 1. The number of piperazine rings is 1. The van der Waals surface area contributed by atoms with Crippen LogP contribution >= 0.6 is 0 Å². The van der Waals surface area contributed by atoms with Crippen LogP contribution in [0.4, 0.5) is 0 Å². The number of hydrogen-bond donors (Lipinski definition) is 0. The summed E-state index contributed by atoms with van der Waals surface area (Å²) in [5.74, 6) is 0.209. The van der Waals surface area contributed by atoms with E-state index in [1.807, 2.05) is 4.90 Å². The molecule has 2 rings (SSSR count). The van der Waals surface area contributed by atoms with Gasteiger partial charge >= 0.3 is 0 Å². The van der Waals surface area contributed by atoms with Crippen molar-refractivity contribution in [3.05, 3.63) is 0 Å². The van der Waals surface area contributed by atoms with Crippen LogP contribution in [0.3, 0.4) is 0 Å². The molecule has 0 spiro atoms. The summed E-state index contributed by atoms with van der Waals surface area (Å²) in [7, 11) is 0. The van der Waals surface area contributed by atoms with Crippen LogP contribution in [0.2, 0.25) is 0 Å². The Kier molecular flexibility index (Phi) is 3.82. The molecular formula is C12H22N2O2. The Morgan fingerprint density at radius 3 is 2.44 bits per heavy atom. The second kappa shape index (κ2) is 5.15. The zero-order valence-electron chi connectivity index (χ0n) is 10.3. The van der Waals surface area contributed by atoms with Crippen LogP contribution < -0.4 is 0 Å². The van der Waals surface area contributed by atoms with E-state index >= 15 is 0 Å². The van der Waals surface area contributed by atoms with Crippen LogP contribution in [0, 0.1) is 0 Å². The molecule has 1 atom stereocenters. The van der Waals surface area contributed by atoms with Crippen molar-refractivity contribution in [3.63, 3.8) is 0 Å². The molecular weight excluding hydrogens is 204 g/mol. The Hall–Kier alpha value is -0.610. The molecule has 2 heterocycles. The van der Waals surface area contributed by atoms with Crippen molar-refractivity contribution < 1.29 is 9.53 Å². The fraction of sp³-hybridized carbons (Fsp3) is 0.917. The van der Waals surface area contributed by atoms with Gasteiger partial charge in [0.15, 0.2) is 0 Å². The molecule has 16 heavy (non-hydrogen) atoms. The van der Waals surface area contributed by atoms with Gasteiger partial charge in [-0.15, -0.1) is 0 Å². The third kappa shape index (κ3) is 2.55. The number of nitrogens with zero attached hydrogens (tertiary/aromatic N) is 2. The zero-order chi connectivity index (χ0) is 11.5. The van der Waals surface area contributed by atoms with E-state index < -0.39 is 0 Å². The molecule has 0 N–H and O–H groups in total. The van der Waals surface area contributed by atoms with E-state index in [0.717, 1.165) is 45.6 Å². The van der Waals surface area contributed by atoms with Gasteiger partial charge in [-0.3, -0.25) is 9.69 Å². The molecule has 1 amide bonds. The van der Waals surface area contributed by atoms with Gasteiger partial charge in [0, 0.05) is 38.8 Å². The maximum atomic E-state index is 12.1. The lowest BCUT2D eigenvalue weighted by molar-refractivity contribution is -0.142. The normalized spacial score (nSPS) is 27.7. The van der Waals surface area contributed by atoms with Gasteiger partial charge in [0.2, 0.25) is 0 Å². The predicted octanol–water partition coefficient (Wildman–Crippen LogP) is 0.718. The summed E-state index contributed by atoms with van der Waals surface area (Å²) < 4.78 is 5.44. The second-order valence-electron chi connectivity index (χ2n) is 4.96. The molecule has 2 fully saturated rings. The molecule has 0 aromatic carbocycles. The van der Waals surface area contributed by atoms with Crippen molar-refractivity contribution in [2.24, 2.45) is 0 Å². The minimum Gasteiger partial charge on any atom is -0.368 e. The van der Waals surface area contributed by atoms with Crippen LogP contribution in [0.15, 0.2) is 0 Å². The van der Waals surface area contributed by atoms with Gasteiger partial charge in [0.1, 0.15) is 6.10 Å². The van der Waals surface area contributed by atoms with E-state index in [0.29, 0.717) is 6.04 Å². The highest BCUT2D eigenvalue weighted by atomic mass is 16.5. The van der Waals surface area contributed by atoms with Crippen LogP contribution in [0.5, 0.6) is 0 Å². The van der Waals surface area contributed by atoms with Crippen LogP contribution in [-0.4, -0.2) is 60.6 Å². The van der Waals surface area contributed by atoms with Gasteiger partial charge < -0.3 is 9.64 Å². The van der Waals surface area contributed by atoms with Crippen molar-refractivity contribution in [3.8, 4) is 0 Å². The van der Waals surface area contributed by atoms with Gasteiger partial charge in [-0.25, -0.2) is 0 Å². The fourth-order valence-electron chi connectivity index (χ4n) is 2.43. The van der Waals surface area contributed by atoms with Crippen LogP contribution in [0.1, 0.15) is 26.7 Å². The third-order valence-corrected chi connectivity index (χ3v) is 3.56. The second-order valence-corrected chi connectivity index (χ2v) is 4.96. The fourth-order valence-corrected chi connectivity index (χ4v) is 2.43. The predicted molar refractivity (Wildman–Crippen MR) is 62.3 cm³/mol. The molecule has 0 aromatic rings. The first-order valence-electron chi connectivity index (χ1n) is 6.33. The lowest BCUT2D eigenvalue weighted by atomic mass is 10.2. The Labute approximate surface area is 97.5 Å². The first-order valence-corrected chi connectivity index (χ1v) is 6.33. The number of hydrogen-bond acceptors (Lipinski definition) is 3. The molecule has 2 aliphatic rings. The third-order valence-electron chi connectivity index (χ3n) is 3.56. The molecule has 0 radical (unpaired) electrons. The highest BCUT2D eigenvalue weighted by molar-refractivity contribution is 5.81. The van der Waals surface area contributed by atoms with Crippen molar-refractivity contribution in [2.75, 3.05) is 32.8 Å². The molecule has 2 aliphatic heterocycles. The van der Waals surface area contributed by atoms with Gasteiger partial charge in [-0.05, 0) is 26.7 Å². The van der Waals surface area contributed by atoms with Gasteiger partial charge in [-0.2, -0.15) is 0 Å². The Bertz CT molecular complexity index is 241. The molecule has 92 valence electrons. The van der Waals surface area contributed by atoms with Gasteiger partial charge in [0.25, 0.3) is 5.91 Å². The average molecular weight is 226 g/mol. The van der Waals surface area contributed by atoms with Gasteiger partial charge in [-0.1, -0.05) is 0 Å². The van der Waals surface area contributed by atoms with Crippen molar-refractivity contribution in [1.82, 2.24) is 9.80 Å². The monoisotopic (exact) mass is 226 g/mol. The van der Waals surface area contributed by atoms with E-state index in [9.17, 15) is 4.79 Å². The Balaban J connectivity index is 1.81. The lowest BCUT2D eigenvalue weighted by Gasteiger charge is -2.37. The van der Waals surface area contributed by atoms with E-state index in [2.05, 4.69) is 18.7 Å². The highest BCUT2D eigenvalue weighted by Gasteiger charge is 2.30. The molecule has 0 saturated carbocycles. The van der Waals surface area contributed by atoms with E-state index in [1.54, 1.807) is 0 Å². The average Bonchev–Trinajstić information content (AvgIpc) is 2.81. The molecule has 0 aromatic heterocycles. The SMILES string of the molecule is CC(C)N1CCN(C(=O)C2CCCO2)CC1. The molecule has 4 heteroatoms. The minimum atomic E-state index is -0.148. The first kappa shape index (κ1) is 11.9. The van der Waals surface area contributed by atoms with Crippen LogP contribution in [-0.2, 0) is 9.53 Å². The smallest absolute Gasteiger partial charge is 0.251 e. The van der Waals surface area contributed by atoms with Crippen LogP contribution in [0.25, 0.3) is 0 Å². The summed E-state index contributed by atoms with van der Waals surface area (Å²) in [5.41, 5.74) is 0.